The van der Waals surface area contributed by atoms with Gasteiger partial charge in [-0.3, -0.25) is 0 Å². The number of hydrogen-bond acceptors (Lipinski definition) is 1. The van der Waals surface area contributed by atoms with Gasteiger partial charge in [0.25, 0.3) is 0 Å². The molecule has 0 rings (SSSR count). The fraction of sp³-hybridized carbons (Fsp3) is 0.429. The summed E-state index contributed by atoms with van der Waals surface area (Å²) in [6.45, 7) is 5.02. The zero-order valence-electron chi connectivity index (χ0n) is 5.02. The standard InChI is InChI=1S/C7H10O/c1-4-6-7(3,8)5-2/h2,4,8H,1,6H2,3H3. The highest BCUT2D eigenvalue weighted by atomic mass is 16.3. The van der Waals surface area contributed by atoms with Crippen LogP contribution in [0.5, 0.6) is 0 Å². The van der Waals surface area contributed by atoms with Gasteiger partial charge in [-0.05, 0) is 6.92 Å². The van der Waals surface area contributed by atoms with Crippen molar-refractivity contribution >= 4 is 0 Å². The van der Waals surface area contributed by atoms with Gasteiger partial charge in [-0.15, -0.1) is 13.0 Å². The highest BCUT2D eigenvalue weighted by molar-refractivity contribution is 5.06. The number of aliphatic hydroxyl groups is 1. The second kappa shape index (κ2) is 2.54. The molecule has 0 aromatic heterocycles. The van der Waals surface area contributed by atoms with Crippen LogP contribution in [0.4, 0.5) is 0 Å². The molecule has 1 unspecified atom stereocenters. The predicted octanol–water partition coefficient (Wildman–Crippen LogP) is 0.947. The third kappa shape index (κ3) is 2.44. The van der Waals surface area contributed by atoms with Crippen LogP contribution < -0.4 is 0 Å². The Morgan fingerprint density at radius 3 is 2.62 bits per heavy atom. The quantitative estimate of drug-likeness (QED) is 0.414. The fourth-order valence-corrected chi connectivity index (χ4v) is 0.340. The minimum Gasteiger partial charge on any atom is -0.378 e. The summed E-state index contributed by atoms with van der Waals surface area (Å²) in [6, 6.07) is 0. The Morgan fingerprint density at radius 2 is 2.50 bits per heavy atom. The largest absolute Gasteiger partial charge is 0.378 e. The summed E-state index contributed by atoms with van der Waals surface area (Å²) in [6.07, 6.45) is 6.99. The summed E-state index contributed by atoms with van der Waals surface area (Å²) in [5.41, 5.74) is -0.998. The van der Waals surface area contributed by atoms with E-state index in [1.54, 1.807) is 13.0 Å². The molecule has 0 aliphatic heterocycles. The van der Waals surface area contributed by atoms with Crippen LogP contribution in [0.1, 0.15) is 13.3 Å². The van der Waals surface area contributed by atoms with Gasteiger partial charge in [0.2, 0.25) is 0 Å². The molecular weight excluding hydrogens is 100 g/mol. The summed E-state index contributed by atoms with van der Waals surface area (Å²) >= 11 is 0. The van der Waals surface area contributed by atoms with Gasteiger partial charge in [0.05, 0.1) is 0 Å². The van der Waals surface area contributed by atoms with Gasteiger partial charge in [-0.25, -0.2) is 0 Å². The Morgan fingerprint density at radius 1 is 2.00 bits per heavy atom. The maximum atomic E-state index is 9.02. The molecule has 0 aliphatic rings. The summed E-state index contributed by atoms with van der Waals surface area (Å²) < 4.78 is 0. The van der Waals surface area contributed by atoms with Gasteiger partial charge in [0.15, 0.2) is 0 Å². The van der Waals surface area contributed by atoms with E-state index >= 15 is 0 Å². The third-order valence-corrected chi connectivity index (χ3v) is 0.853. The molecule has 1 heteroatoms. The zero-order valence-corrected chi connectivity index (χ0v) is 5.02. The summed E-state index contributed by atoms with van der Waals surface area (Å²) in [5, 5.41) is 9.02. The van der Waals surface area contributed by atoms with E-state index in [2.05, 4.69) is 12.5 Å². The highest BCUT2D eigenvalue weighted by Crippen LogP contribution is 2.05. The molecule has 0 saturated heterocycles. The first kappa shape index (κ1) is 7.26. The van der Waals surface area contributed by atoms with E-state index in [0.717, 1.165) is 0 Å². The lowest BCUT2D eigenvalue weighted by atomic mass is 10.1. The normalized spacial score (nSPS) is 16.1. The lowest BCUT2D eigenvalue weighted by Crippen LogP contribution is -2.19. The monoisotopic (exact) mass is 110 g/mol. The van der Waals surface area contributed by atoms with Crippen LogP contribution in [0.25, 0.3) is 0 Å². The maximum absolute atomic E-state index is 9.02. The first-order valence-electron chi connectivity index (χ1n) is 2.43. The second-order valence-corrected chi connectivity index (χ2v) is 1.91. The molecule has 0 aromatic rings. The van der Waals surface area contributed by atoms with Crippen molar-refractivity contribution in [2.75, 3.05) is 0 Å². The minimum absolute atomic E-state index is 0.448. The smallest absolute Gasteiger partial charge is 0.125 e. The molecule has 44 valence electrons. The van der Waals surface area contributed by atoms with Crippen LogP contribution in [0.2, 0.25) is 0 Å². The Labute approximate surface area is 50.0 Å². The summed E-state index contributed by atoms with van der Waals surface area (Å²) in [5.74, 6) is 2.23. The molecule has 1 nitrogen and oxygen atoms in total. The number of terminal acetylenes is 1. The molecule has 0 fully saturated rings. The van der Waals surface area contributed by atoms with E-state index in [-0.39, 0.29) is 0 Å². The lowest BCUT2D eigenvalue weighted by molar-refractivity contribution is 0.126. The molecule has 0 heterocycles. The molecule has 0 saturated carbocycles. The average molecular weight is 110 g/mol. The molecule has 0 radical (unpaired) electrons. The predicted molar refractivity (Wildman–Crippen MR) is 34.3 cm³/mol. The Kier molecular flexibility index (Phi) is 2.30. The van der Waals surface area contributed by atoms with Crippen molar-refractivity contribution in [2.45, 2.75) is 18.9 Å². The fourth-order valence-electron chi connectivity index (χ4n) is 0.340. The van der Waals surface area contributed by atoms with Gasteiger partial charge < -0.3 is 5.11 Å². The molecule has 8 heavy (non-hydrogen) atoms. The Hall–Kier alpha value is -0.740. The summed E-state index contributed by atoms with van der Waals surface area (Å²) in [7, 11) is 0. The highest BCUT2D eigenvalue weighted by Gasteiger charge is 2.11. The van der Waals surface area contributed by atoms with E-state index in [9.17, 15) is 0 Å². The maximum Gasteiger partial charge on any atom is 0.125 e. The van der Waals surface area contributed by atoms with Gasteiger partial charge in [-0.2, -0.15) is 0 Å². The van der Waals surface area contributed by atoms with Crippen molar-refractivity contribution in [1.82, 2.24) is 0 Å². The lowest BCUT2D eigenvalue weighted by Gasteiger charge is -2.11. The van der Waals surface area contributed by atoms with Gasteiger partial charge in [-0.1, -0.05) is 12.0 Å². The molecule has 1 atom stereocenters. The zero-order chi connectivity index (χ0) is 6.62. The molecule has 0 amide bonds. The van der Waals surface area contributed by atoms with Gasteiger partial charge in [0.1, 0.15) is 5.60 Å². The third-order valence-electron chi connectivity index (χ3n) is 0.853. The first-order chi connectivity index (χ1) is 3.62. The molecule has 0 aromatic carbocycles. The van der Waals surface area contributed by atoms with Gasteiger partial charge >= 0.3 is 0 Å². The molecular formula is C7H10O. The van der Waals surface area contributed by atoms with Crippen LogP contribution in [-0.4, -0.2) is 10.7 Å². The second-order valence-electron chi connectivity index (χ2n) is 1.91. The Balaban J connectivity index is 3.76. The van der Waals surface area contributed by atoms with Crippen molar-refractivity contribution in [3.05, 3.63) is 12.7 Å². The topological polar surface area (TPSA) is 20.2 Å². The van der Waals surface area contributed by atoms with Crippen molar-refractivity contribution < 1.29 is 5.11 Å². The Bertz CT molecular complexity index is 117. The summed E-state index contributed by atoms with van der Waals surface area (Å²) in [4.78, 5) is 0. The SMILES string of the molecule is C#CC(C)(O)CC=C. The molecule has 0 spiro atoms. The van der Waals surface area contributed by atoms with E-state index in [1.165, 1.54) is 0 Å². The van der Waals surface area contributed by atoms with E-state index in [0.29, 0.717) is 6.42 Å². The molecule has 0 aliphatic carbocycles. The van der Waals surface area contributed by atoms with Crippen LogP contribution in [0.3, 0.4) is 0 Å². The van der Waals surface area contributed by atoms with Crippen LogP contribution in [-0.2, 0) is 0 Å². The first-order valence-corrected chi connectivity index (χ1v) is 2.43. The minimum atomic E-state index is -0.998. The number of rotatable bonds is 2. The molecule has 1 N–H and O–H groups in total. The van der Waals surface area contributed by atoms with Crippen LogP contribution >= 0.6 is 0 Å². The van der Waals surface area contributed by atoms with Gasteiger partial charge in [0, 0.05) is 6.42 Å². The van der Waals surface area contributed by atoms with Crippen LogP contribution in [0, 0.1) is 12.3 Å². The van der Waals surface area contributed by atoms with Crippen molar-refractivity contribution in [3.8, 4) is 12.3 Å². The van der Waals surface area contributed by atoms with E-state index < -0.39 is 5.60 Å². The van der Waals surface area contributed by atoms with Crippen molar-refractivity contribution in [1.29, 1.82) is 0 Å². The van der Waals surface area contributed by atoms with Crippen molar-refractivity contribution in [2.24, 2.45) is 0 Å². The molecule has 0 bridgehead atoms. The van der Waals surface area contributed by atoms with Crippen LogP contribution in [0.15, 0.2) is 12.7 Å². The number of hydrogen-bond donors (Lipinski definition) is 1. The van der Waals surface area contributed by atoms with Crippen molar-refractivity contribution in [3.63, 3.8) is 0 Å². The van der Waals surface area contributed by atoms with E-state index in [4.69, 9.17) is 11.5 Å². The average Bonchev–Trinajstić information content (AvgIpc) is 1.67. The van der Waals surface area contributed by atoms with E-state index in [1.807, 2.05) is 0 Å².